The third-order valence-corrected chi connectivity index (χ3v) is 5.03. The van der Waals surface area contributed by atoms with Crippen molar-refractivity contribution in [2.75, 3.05) is 6.79 Å². The molecule has 0 radical (unpaired) electrons. The van der Waals surface area contributed by atoms with Crippen molar-refractivity contribution in [2.45, 2.75) is 6.55 Å². The molecule has 0 saturated heterocycles. The van der Waals surface area contributed by atoms with Crippen LogP contribution in [0.1, 0.15) is 0 Å². The molecule has 1 heterocycles. The molecular formula is C3H10O4Si3. The molecule has 0 N–H and O–H groups in total. The zero-order valence-corrected chi connectivity index (χ0v) is 9.66. The van der Waals surface area contributed by atoms with E-state index in [2.05, 4.69) is 0 Å². The van der Waals surface area contributed by atoms with Crippen molar-refractivity contribution < 1.29 is 17.4 Å². The molecule has 0 aromatic heterocycles. The standard InChI is InChI=1S/C3H10O4Si3/c1-10-3-6-8-4-2-5-9-7-10/h3H,2,8-9H2,1H3/b10-3+. The van der Waals surface area contributed by atoms with Crippen LogP contribution < -0.4 is 0 Å². The van der Waals surface area contributed by atoms with Crippen LogP contribution in [0.2, 0.25) is 6.55 Å². The molecule has 1 aliphatic heterocycles. The summed E-state index contributed by atoms with van der Waals surface area (Å²) in [7, 11) is -2.43. The first-order valence-corrected chi connectivity index (χ1v) is 7.26. The minimum Gasteiger partial charge on any atom is -0.589 e. The molecule has 0 fully saturated rings. The van der Waals surface area contributed by atoms with Crippen molar-refractivity contribution in [3.63, 3.8) is 0 Å². The van der Waals surface area contributed by atoms with Gasteiger partial charge in [0.1, 0.15) is 6.79 Å². The highest BCUT2D eigenvalue weighted by Crippen LogP contribution is 1.81. The van der Waals surface area contributed by atoms with E-state index in [1.807, 2.05) is 6.55 Å². The molecule has 0 aromatic carbocycles. The summed E-state index contributed by atoms with van der Waals surface area (Å²) in [6.45, 7) is 2.39. The Kier molecular flexibility index (Phi) is 3.90. The van der Waals surface area contributed by atoms with E-state index >= 15 is 0 Å². The van der Waals surface area contributed by atoms with Crippen molar-refractivity contribution in [1.82, 2.24) is 0 Å². The van der Waals surface area contributed by atoms with Crippen LogP contribution in [0.4, 0.5) is 0 Å². The lowest BCUT2D eigenvalue weighted by Gasteiger charge is -2.02. The quantitative estimate of drug-likeness (QED) is 0.417. The van der Waals surface area contributed by atoms with Crippen molar-refractivity contribution in [3.8, 4) is 0 Å². The molecule has 1 rings (SSSR count). The molecule has 7 heteroatoms. The van der Waals surface area contributed by atoms with Gasteiger partial charge in [-0.1, -0.05) is 0 Å². The minimum atomic E-state index is -0.831. The van der Waals surface area contributed by atoms with Gasteiger partial charge in [0.2, 0.25) is 8.65 Å². The monoisotopic (exact) mass is 194 g/mol. The third-order valence-electron chi connectivity index (χ3n) is 0.937. The summed E-state index contributed by atoms with van der Waals surface area (Å²) in [6, 6.07) is 0. The average Bonchev–Trinajstić information content (AvgIpc) is 2.02. The second-order valence-electron chi connectivity index (χ2n) is 1.80. The molecule has 0 aliphatic carbocycles. The van der Waals surface area contributed by atoms with Crippen molar-refractivity contribution in [1.29, 1.82) is 0 Å². The van der Waals surface area contributed by atoms with Crippen LogP contribution in [0.15, 0.2) is 0 Å². The third kappa shape index (κ3) is 3.27. The zero-order valence-electron chi connectivity index (χ0n) is 5.83. The molecule has 4 nitrogen and oxygen atoms in total. The average molecular weight is 194 g/mol. The summed E-state index contributed by atoms with van der Waals surface area (Å²) in [4.78, 5) is 0. The van der Waals surface area contributed by atoms with Gasteiger partial charge in [0, 0.05) is 0 Å². The highest BCUT2D eigenvalue weighted by molar-refractivity contribution is 6.62. The van der Waals surface area contributed by atoms with Crippen LogP contribution in [0.25, 0.3) is 0 Å². The van der Waals surface area contributed by atoms with Crippen LogP contribution >= 0.6 is 0 Å². The lowest BCUT2D eigenvalue weighted by Crippen LogP contribution is -2.12. The number of hydrogen-bond donors (Lipinski definition) is 0. The lowest BCUT2D eigenvalue weighted by molar-refractivity contribution is 0.105. The second kappa shape index (κ2) is 4.80. The maximum absolute atomic E-state index is 5.34. The van der Waals surface area contributed by atoms with E-state index in [9.17, 15) is 0 Å². The maximum Gasteiger partial charge on any atom is 0.366 e. The van der Waals surface area contributed by atoms with Gasteiger partial charge in [0.25, 0.3) is 0 Å². The van der Waals surface area contributed by atoms with Gasteiger partial charge in [-0.15, -0.1) is 0 Å². The van der Waals surface area contributed by atoms with Gasteiger partial charge >= 0.3 is 20.0 Å². The van der Waals surface area contributed by atoms with E-state index in [1.165, 1.54) is 0 Å². The molecule has 0 aromatic rings. The first-order valence-electron chi connectivity index (χ1n) is 2.96. The fraction of sp³-hybridized carbons (Fsp3) is 0.667. The first-order chi connectivity index (χ1) is 4.89. The molecule has 0 atom stereocenters. The summed E-state index contributed by atoms with van der Waals surface area (Å²) >= 11 is 0. The molecule has 1 aliphatic rings. The van der Waals surface area contributed by atoms with Gasteiger partial charge in [-0.2, -0.15) is 0 Å². The Morgan fingerprint density at radius 1 is 1.40 bits per heavy atom. The molecule has 0 unspecified atom stereocenters. The maximum atomic E-state index is 5.34. The molecule has 0 spiro atoms. The topological polar surface area (TPSA) is 36.9 Å². The van der Waals surface area contributed by atoms with Crippen LogP contribution in [0.3, 0.4) is 0 Å². The Balaban J connectivity index is 2.29. The van der Waals surface area contributed by atoms with Crippen LogP contribution in [-0.4, -0.2) is 41.3 Å². The summed E-state index contributed by atoms with van der Waals surface area (Å²) in [5.74, 6) is 1.78. The minimum absolute atomic E-state index is 0.363. The summed E-state index contributed by atoms with van der Waals surface area (Å²) < 4.78 is 20.6. The number of hydrogen-bond acceptors (Lipinski definition) is 4. The molecule has 10 heavy (non-hydrogen) atoms. The lowest BCUT2D eigenvalue weighted by atomic mass is 11.6. The first kappa shape index (κ1) is 8.14. The van der Waals surface area contributed by atoms with Gasteiger partial charge in [-0.3, -0.25) is 0 Å². The Morgan fingerprint density at radius 2 is 2.20 bits per heavy atom. The fourth-order valence-corrected chi connectivity index (χ4v) is 3.76. The molecule has 58 valence electrons. The Labute approximate surface area is 65.9 Å². The fourth-order valence-electron chi connectivity index (χ4n) is 0.495. The van der Waals surface area contributed by atoms with Crippen LogP contribution in [0.5, 0.6) is 0 Å². The summed E-state index contributed by atoms with van der Waals surface area (Å²) in [5, 5.41) is 0. The zero-order chi connectivity index (χ0) is 7.23. The van der Waals surface area contributed by atoms with E-state index in [-0.39, 0.29) is 0 Å². The Bertz CT molecular complexity index is 127. The van der Waals surface area contributed by atoms with Gasteiger partial charge in [0.15, 0.2) is 0 Å². The molecule has 0 bridgehead atoms. The normalized spacial score (nSPS) is 30.7. The van der Waals surface area contributed by atoms with E-state index in [0.717, 1.165) is 0 Å². The summed E-state index contributed by atoms with van der Waals surface area (Å²) in [6.07, 6.45) is 0. The predicted molar refractivity (Wildman–Crippen MR) is 44.0 cm³/mol. The SMILES string of the molecule is C/[Si]1=C\O[SiH2]OCO[SiH2]O1. The predicted octanol–water partition coefficient (Wildman–Crippen LogP) is -2.02. The largest absolute Gasteiger partial charge is 0.589 e. The highest BCUT2D eigenvalue weighted by atomic mass is 28.3. The van der Waals surface area contributed by atoms with E-state index in [0.29, 0.717) is 6.79 Å². The smallest absolute Gasteiger partial charge is 0.366 e. The number of rotatable bonds is 0. The van der Waals surface area contributed by atoms with Crippen LogP contribution in [-0.2, 0) is 17.4 Å². The Morgan fingerprint density at radius 3 is 3.10 bits per heavy atom. The summed E-state index contributed by atoms with van der Waals surface area (Å²) in [5.41, 5.74) is 0. The molecule has 0 amide bonds. The van der Waals surface area contributed by atoms with Crippen LogP contribution in [0, 0.1) is 0 Å². The second-order valence-corrected chi connectivity index (χ2v) is 6.03. The van der Waals surface area contributed by atoms with Crippen molar-refractivity contribution in [3.05, 3.63) is 0 Å². The highest BCUT2D eigenvalue weighted by Gasteiger charge is 1.97. The van der Waals surface area contributed by atoms with Gasteiger partial charge in [0.05, 0.1) is 5.86 Å². The molecular weight excluding hydrogens is 184 g/mol. The van der Waals surface area contributed by atoms with E-state index in [4.69, 9.17) is 17.4 Å². The van der Waals surface area contributed by atoms with E-state index in [1.54, 1.807) is 5.86 Å². The van der Waals surface area contributed by atoms with Gasteiger partial charge in [-0.25, -0.2) is 0 Å². The van der Waals surface area contributed by atoms with E-state index < -0.39 is 28.7 Å². The molecule has 0 saturated carbocycles. The Hall–Kier alpha value is 0.0406. The van der Waals surface area contributed by atoms with Gasteiger partial charge in [-0.05, 0) is 6.55 Å². The van der Waals surface area contributed by atoms with Gasteiger partial charge < -0.3 is 17.4 Å². The van der Waals surface area contributed by atoms with Crippen molar-refractivity contribution in [2.24, 2.45) is 0 Å². The van der Waals surface area contributed by atoms with Crippen molar-refractivity contribution >= 4 is 34.5 Å².